The molecular formula is C23H41NO3. The van der Waals surface area contributed by atoms with Crippen LogP contribution in [0.4, 0.5) is 0 Å². The highest BCUT2D eigenvalue weighted by molar-refractivity contribution is 6.12. The molecule has 0 radical (unpaired) electrons. The summed E-state index contributed by atoms with van der Waals surface area (Å²) in [5, 5.41) is 0. The van der Waals surface area contributed by atoms with Crippen molar-refractivity contribution in [1.29, 1.82) is 0 Å². The zero-order valence-electron chi connectivity index (χ0n) is 17.6. The summed E-state index contributed by atoms with van der Waals surface area (Å²) < 4.78 is 0. The molecule has 0 atom stereocenters. The molecule has 4 nitrogen and oxygen atoms in total. The lowest BCUT2D eigenvalue weighted by molar-refractivity contribution is -0.156. The summed E-state index contributed by atoms with van der Waals surface area (Å²) in [6, 6.07) is 0. The van der Waals surface area contributed by atoms with E-state index in [-0.39, 0.29) is 17.7 Å². The number of carbonyl (C=O) groups is 3. The quantitative estimate of drug-likeness (QED) is 0.233. The Balaban J connectivity index is 1.86. The van der Waals surface area contributed by atoms with Gasteiger partial charge in [-0.1, -0.05) is 96.8 Å². The molecule has 156 valence electrons. The van der Waals surface area contributed by atoms with Crippen LogP contribution in [0.3, 0.4) is 0 Å². The lowest BCUT2D eigenvalue weighted by atomic mass is 10.0. The van der Waals surface area contributed by atoms with Crippen molar-refractivity contribution in [3.63, 3.8) is 0 Å². The maximum absolute atomic E-state index is 12.0. The molecule has 27 heavy (non-hydrogen) atoms. The molecule has 0 aliphatic carbocycles. The third-order valence-electron chi connectivity index (χ3n) is 5.52. The van der Waals surface area contributed by atoms with Gasteiger partial charge in [-0.2, -0.15) is 0 Å². The lowest BCUT2D eigenvalue weighted by Crippen LogP contribution is -2.44. The molecule has 0 aromatic rings. The molecule has 1 heterocycles. The topological polar surface area (TPSA) is 54.5 Å². The number of unbranched alkanes of at least 4 members (excludes halogenated alkanes) is 14. The van der Waals surface area contributed by atoms with Gasteiger partial charge in [-0.15, -0.1) is 0 Å². The monoisotopic (exact) mass is 379 g/mol. The Morgan fingerprint density at radius 1 is 0.667 bits per heavy atom. The molecular weight excluding hydrogens is 338 g/mol. The van der Waals surface area contributed by atoms with E-state index >= 15 is 0 Å². The van der Waals surface area contributed by atoms with Crippen molar-refractivity contribution in [2.45, 2.75) is 129 Å². The number of hydrogen-bond acceptors (Lipinski definition) is 3. The molecule has 3 amide bonds. The molecule has 0 aromatic carbocycles. The number of amides is 3. The average Bonchev–Trinajstić information content (AvgIpc) is 2.64. The van der Waals surface area contributed by atoms with E-state index in [1.165, 1.54) is 77.0 Å². The molecule has 1 rings (SSSR count). The minimum absolute atomic E-state index is 0.292. The van der Waals surface area contributed by atoms with Gasteiger partial charge < -0.3 is 0 Å². The Labute approximate surface area is 166 Å². The minimum Gasteiger partial charge on any atom is -0.274 e. The van der Waals surface area contributed by atoms with Gasteiger partial charge >= 0.3 is 0 Å². The van der Waals surface area contributed by atoms with Crippen LogP contribution >= 0.6 is 0 Å². The SMILES string of the molecule is CCCCCCCCCCCCCCCCCC(=O)N1C(=O)CCCC1=O. The predicted octanol–water partition coefficient (Wildman–Crippen LogP) is 6.31. The van der Waals surface area contributed by atoms with Gasteiger partial charge in [0.15, 0.2) is 0 Å². The summed E-state index contributed by atoms with van der Waals surface area (Å²) in [6.45, 7) is 2.26. The van der Waals surface area contributed by atoms with E-state index in [4.69, 9.17) is 0 Å². The van der Waals surface area contributed by atoms with Gasteiger partial charge in [0, 0.05) is 19.3 Å². The van der Waals surface area contributed by atoms with Crippen molar-refractivity contribution in [3.05, 3.63) is 0 Å². The van der Waals surface area contributed by atoms with Crippen LogP contribution < -0.4 is 0 Å². The zero-order chi connectivity index (χ0) is 19.7. The highest BCUT2D eigenvalue weighted by Crippen LogP contribution is 2.16. The fraction of sp³-hybridized carbons (Fsp3) is 0.870. The van der Waals surface area contributed by atoms with Crippen molar-refractivity contribution in [1.82, 2.24) is 4.90 Å². The van der Waals surface area contributed by atoms with Gasteiger partial charge in [0.2, 0.25) is 17.7 Å². The molecule has 0 aromatic heterocycles. The van der Waals surface area contributed by atoms with E-state index in [1.54, 1.807) is 0 Å². The Morgan fingerprint density at radius 3 is 1.44 bits per heavy atom. The molecule has 1 aliphatic heterocycles. The van der Waals surface area contributed by atoms with E-state index in [2.05, 4.69) is 6.92 Å². The Hall–Kier alpha value is -1.19. The lowest BCUT2D eigenvalue weighted by Gasteiger charge is -2.22. The Kier molecular flexibility index (Phi) is 14.0. The highest BCUT2D eigenvalue weighted by atomic mass is 16.2. The number of likely N-dealkylation sites (tertiary alicyclic amines) is 1. The maximum atomic E-state index is 12.0. The number of rotatable bonds is 16. The summed E-state index contributed by atoms with van der Waals surface area (Å²) in [4.78, 5) is 36.3. The average molecular weight is 380 g/mol. The first-order valence-electron chi connectivity index (χ1n) is 11.6. The van der Waals surface area contributed by atoms with Crippen molar-refractivity contribution < 1.29 is 14.4 Å². The smallest absolute Gasteiger partial charge is 0.236 e. The van der Waals surface area contributed by atoms with Crippen LogP contribution in [0, 0.1) is 0 Å². The van der Waals surface area contributed by atoms with Gasteiger partial charge in [-0.3, -0.25) is 14.4 Å². The molecule has 0 N–H and O–H groups in total. The fourth-order valence-corrected chi connectivity index (χ4v) is 3.79. The van der Waals surface area contributed by atoms with Crippen LogP contribution in [-0.2, 0) is 14.4 Å². The number of piperidine rings is 1. The third kappa shape index (κ3) is 11.3. The van der Waals surface area contributed by atoms with E-state index in [0.29, 0.717) is 25.7 Å². The van der Waals surface area contributed by atoms with Crippen molar-refractivity contribution in [3.8, 4) is 0 Å². The van der Waals surface area contributed by atoms with Crippen molar-refractivity contribution in [2.24, 2.45) is 0 Å². The van der Waals surface area contributed by atoms with E-state index in [1.807, 2.05) is 0 Å². The Bertz CT molecular complexity index is 417. The predicted molar refractivity (Wildman–Crippen MR) is 110 cm³/mol. The summed E-state index contributed by atoms with van der Waals surface area (Å²) >= 11 is 0. The molecule has 0 spiro atoms. The molecule has 1 saturated heterocycles. The van der Waals surface area contributed by atoms with Gasteiger partial charge in [-0.25, -0.2) is 4.90 Å². The van der Waals surface area contributed by atoms with Crippen LogP contribution in [0.25, 0.3) is 0 Å². The molecule has 0 saturated carbocycles. The summed E-state index contributed by atoms with van der Waals surface area (Å²) in [7, 11) is 0. The number of nitrogens with zero attached hydrogens (tertiary/aromatic N) is 1. The van der Waals surface area contributed by atoms with E-state index < -0.39 is 0 Å². The van der Waals surface area contributed by atoms with E-state index in [9.17, 15) is 14.4 Å². The third-order valence-corrected chi connectivity index (χ3v) is 5.52. The van der Waals surface area contributed by atoms with Crippen LogP contribution in [0.2, 0.25) is 0 Å². The second kappa shape index (κ2) is 15.8. The zero-order valence-corrected chi connectivity index (χ0v) is 17.6. The summed E-state index contributed by atoms with van der Waals surface area (Å²) in [5.41, 5.74) is 0. The van der Waals surface area contributed by atoms with Gasteiger partial charge in [-0.05, 0) is 12.8 Å². The molecule has 1 fully saturated rings. The second-order valence-electron chi connectivity index (χ2n) is 8.07. The molecule has 0 bridgehead atoms. The van der Waals surface area contributed by atoms with Crippen LogP contribution in [-0.4, -0.2) is 22.6 Å². The molecule has 1 aliphatic rings. The van der Waals surface area contributed by atoms with Crippen LogP contribution in [0.5, 0.6) is 0 Å². The largest absolute Gasteiger partial charge is 0.274 e. The first kappa shape index (κ1) is 23.8. The van der Waals surface area contributed by atoms with Crippen molar-refractivity contribution in [2.75, 3.05) is 0 Å². The molecule has 0 unspecified atom stereocenters. The second-order valence-corrected chi connectivity index (χ2v) is 8.07. The van der Waals surface area contributed by atoms with E-state index in [0.717, 1.165) is 24.2 Å². The summed E-state index contributed by atoms with van der Waals surface area (Å²) in [6.07, 6.45) is 20.8. The maximum Gasteiger partial charge on any atom is 0.236 e. The number of hydrogen-bond donors (Lipinski definition) is 0. The van der Waals surface area contributed by atoms with Gasteiger partial charge in [0.05, 0.1) is 0 Å². The first-order valence-corrected chi connectivity index (χ1v) is 11.6. The number of imide groups is 3. The van der Waals surface area contributed by atoms with Crippen LogP contribution in [0.15, 0.2) is 0 Å². The molecule has 4 heteroatoms. The normalized spacial score (nSPS) is 14.8. The fourth-order valence-electron chi connectivity index (χ4n) is 3.79. The van der Waals surface area contributed by atoms with Gasteiger partial charge in [0.1, 0.15) is 0 Å². The minimum atomic E-state index is -0.308. The van der Waals surface area contributed by atoms with Crippen molar-refractivity contribution >= 4 is 17.7 Å². The Morgan fingerprint density at radius 2 is 1.04 bits per heavy atom. The summed E-state index contributed by atoms with van der Waals surface area (Å²) in [5.74, 6) is -0.909. The number of carbonyl (C=O) groups excluding carboxylic acids is 3. The standard InChI is InChI=1S/C23H41NO3/c1-2-3-4-5-6-7-8-9-10-11-12-13-14-15-16-18-21(25)24-22(26)19-17-20-23(24)27/h2-20H2,1H3. The van der Waals surface area contributed by atoms with Crippen LogP contribution in [0.1, 0.15) is 129 Å². The van der Waals surface area contributed by atoms with Gasteiger partial charge in [0.25, 0.3) is 0 Å². The highest BCUT2D eigenvalue weighted by Gasteiger charge is 2.30. The first-order chi connectivity index (χ1) is 13.2.